The Hall–Kier alpha value is -1.29. The number of halogens is 3. The Bertz CT molecular complexity index is 628. The first-order chi connectivity index (χ1) is 10.6. The van der Waals surface area contributed by atoms with Crippen molar-refractivity contribution in [3.63, 3.8) is 0 Å². The van der Waals surface area contributed by atoms with Gasteiger partial charge in [0.2, 0.25) is 0 Å². The van der Waals surface area contributed by atoms with Gasteiger partial charge in [0.25, 0.3) is 0 Å². The highest BCUT2D eigenvalue weighted by molar-refractivity contribution is 6.36. The molecule has 1 unspecified atom stereocenters. The first-order valence-electron chi connectivity index (χ1n) is 7.12. The summed E-state index contributed by atoms with van der Waals surface area (Å²) in [4.78, 5) is 0. The maximum absolute atomic E-state index is 14.0. The summed E-state index contributed by atoms with van der Waals surface area (Å²) in [5.41, 5.74) is 7.49. The van der Waals surface area contributed by atoms with Gasteiger partial charge >= 0.3 is 0 Å². The van der Waals surface area contributed by atoms with Gasteiger partial charge in [-0.2, -0.15) is 0 Å². The second-order valence-electron chi connectivity index (χ2n) is 4.96. The summed E-state index contributed by atoms with van der Waals surface area (Å²) in [6, 6.07) is 10.3. The lowest BCUT2D eigenvalue weighted by molar-refractivity contribution is 0.321. The minimum Gasteiger partial charge on any atom is -0.491 e. The van der Waals surface area contributed by atoms with E-state index in [1.54, 1.807) is 24.3 Å². The summed E-state index contributed by atoms with van der Waals surface area (Å²) in [6.07, 6.45) is 0.558. The average molecular weight is 342 g/mol. The summed E-state index contributed by atoms with van der Waals surface area (Å²) in [6.45, 7) is 2.61. The summed E-state index contributed by atoms with van der Waals surface area (Å²) in [5.74, 6) is -0.205. The fourth-order valence-corrected chi connectivity index (χ4v) is 2.91. The van der Waals surface area contributed by atoms with Gasteiger partial charge in [-0.3, -0.25) is 0 Å². The molecule has 0 fully saturated rings. The molecular formula is C17H18Cl2FNO. The van der Waals surface area contributed by atoms with Crippen molar-refractivity contribution in [2.45, 2.75) is 19.3 Å². The third-order valence-corrected chi connectivity index (χ3v) is 4.23. The van der Waals surface area contributed by atoms with Crippen molar-refractivity contribution in [2.75, 3.05) is 13.2 Å². The number of benzene rings is 2. The van der Waals surface area contributed by atoms with Crippen LogP contribution in [0.4, 0.5) is 4.39 Å². The van der Waals surface area contributed by atoms with Crippen LogP contribution in [0.2, 0.25) is 10.0 Å². The topological polar surface area (TPSA) is 35.2 Å². The fourth-order valence-electron chi connectivity index (χ4n) is 2.35. The molecule has 2 aromatic carbocycles. The highest BCUT2D eigenvalue weighted by Gasteiger charge is 2.17. The van der Waals surface area contributed by atoms with Crippen molar-refractivity contribution in [2.24, 2.45) is 5.73 Å². The van der Waals surface area contributed by atoms with Crippen LogP contribution in [-0.4, -0.2) is 13.2 Å². The van der Waals surface area contributed by atoms with E-state index >= 15 is 0 Å². The second-order valence-corrected chi connectivity index (χ2v) is 5.77. The maximum Gasteiger partial charge on any atom is 0.165 e. The van der Waals surface area contributed by atoms with Crippen molar-refractivity contribution >= 4 is 23.2 Å². The van der Waals surface area contributed by atoms with E-state index in [0.29, 0.717) is 29.6 Å². The lowest BCUT2D eigenvalue weighted by Crippen LogP contribution is -2.16. The van der Waals surface area contributed by atoms with Crippen LogP contribution in [0.25, 0.3) is 0 Å². The minimum atomic E-state index is -0.386. The molecule has 2 rings (SSSR count). The van der Waals surface area contributed by atoms with Crippen LogP contribution in [0.5, 0.6) is 5.75 Å². The first kappa shape index (κ1) is 17.1. The monoisotopic (exact) mass is 341 g/mol. The molecule has 5 heteroatoms. The third-order valence-electron chi connectivity index (χ3n) is 3.52. The van der Waals surface area contributed by atoms with Crippen molar-refractivity contribution in [3.8, 4) is 5.75 Å². The molecule has 118 valence electrons. The second kappa shape index (κ2) is 7.82. The molecule has 0 amide bonds. The van der Waals surface area contributed by atoms with Gasteiger partial charge in [-0.1, -0.05) is 35.3 Å². The van der Waals surface area contributed by atoms with Gasteiger partial charge in [0, 0.05) is 16.0 Å². The molecule has 0 saturated heterocycles. The lowest BCUT2D eigenvalue weighted by Gasteiger charge is -2.18. The zero-order valence-corrected chi connectivity index (χ0v) is 13.8. The molecule has 22 heavy (non-hydrogen) atoms. The van der Waals surface area contributed by atoms with Crippen LogP contribution in [0.1, 0.15) is 24.0 Å². The third kappa shape index (κ3) is 3.92. The maximum atomic E-state index is 14.0. The van der Waals surface area contributed by atoms with Gasteiger partial charge in [0.05, 0.1) is 6.61 Å². The Morgan fingerprint density at radius 3 is 2.41 bits per heavy atom. The van der Waals surface area contributed by atoms with E-state index in [1.807, 2.05) is 13.0 Å². The van der Waals surface area contributed by atoms with E-state index < -0.39 is 0 Å². The molecule has 0 aliphatic carbocycles. The van der Waals surface area contributed by atoms with Crippen LogP contribution >= 0.6 is 23.2 Å². The molecule has 0 aliphatic rings. The highest BCUT2D eigenvalue weighted by atomic mass is 35.5. The van der Waals surface area contributed by atoms with Gasteiger partial charge in [0.1, 0.15) is 0 Å². The van der Waals surface area contributed by atoms with E-state index in [2.05, 4.69) is 0 Å². The van der Waals surface area contributed by atoms with Crippen molar-refractivity contribution < 1.29 is 9.13 Å². The van der Waals surface area contributed by atoms with E-state index in [1.165, 1.54) is 6.07 Å². The molecule has 2 aromatic rings. The molecule has 0 spiro atoms. The van der Waals surface area contributed by atoms with Crippen LogP contribution in [0.3, 0.4) is 0 Å². The standard InChI is InChI=1S/C17H18Cl2FNO/c1-2-22-17-7-6-11(9-16(17)20)12(10-21)8-13-14(18)4-3-5-15(13)19/h3-7,9,12H,2,8,10,21H2,1H3. The Morgan fingerprint density at radius 2 is 1.86 bits per heavy atom. The number of nitrogens with two attached hydrogens (primary N) is 1. The summed E-state index contributed by atoms with van der Waals surface area (Å²) in [7, 11) is 0. The van der Waals surface area contributed by atoms with Gasteiger partial charge in [0.15, 0.2) is 11.6 Å². The van der Waals surface area contributed by atoms with Crippen LogP contribution < -0.4 is 10.5 Å². The molecule has 0 aromatic heterocycles. The molecule has 2 N–H and O–H groups in total. The number of hydrogen-bond acceptors (Lipinski definition) is 2. The van der Waals surface area contributed by atoms with E-state index in [9.17, 15) is 4.39 Å². The molecule has 0 bridgehead atoms. The Balaban J connectivity index is 2.27. The fraction of sp³-hybridized carbons (Fsp3) is 0.294. The number of ether oxygens (including phenoxy) is 1. The quantitative estimate of drug-likeness (QED) is 0.817. The van der Waals surface area contributed by atoms with Crippen molar-refractivity contribution in [1.29, 1.82) is 0 Å². The van der Waals surface area contributed by atoms with E-state index in [-0.39, 0.29) is 17.5 Å². The van der Waals surface area contributed by atoms with Gasteiger partial charge < -0.3 is 10.5 Å². The van der Waals surface area contributed by atoms with Crippen molar-refractivity contribution in [3.05, 3.63) is 63.4 Å². The molecule has 0 saturated carbocycles. The van der Waals surface area contributed by atoms with Gasteiger partial charge in [-0.25, -0.2) is 4.39 Å². The van der Waals surface area contributed by atoms with Gasteiger partial charge in [-0.15, -0.1) is 0 Å². The number of hydrogen-bond donors (Lipinski definition) is 1. The van der Waals surface area contributed by atoms with E-state index in [4.69, 9.17) is 33.7 Å². The van der Waals surface area contributed by atoms with Gasteiger partial charge in [-0.05, 0) is 55.3 Å². The minimum absolute atomic E-state index is 0.0671. The molecule has 0 aliphatic heterocycles. The molecule has 0 radical (unpaired) electrons. The Morgan fingerprint density at radius 1 is 1.18 bits per heavy atom. The summed E-state index contributed by atoms with van der Waals surface area (Å²) in [5, 5.41) is 1.19. The highest BCUT2D eigenvalue weighted by Crippen LogP contribution is 2.31. The number of rotatable bonds is 6. The molecular weight excluding hydrogens is 324 g/mol. The largest absolute Gasteiger partial charge is 0.491 e. The zero-order valence-electron chi connectivity index (χ0n) is 12.3. The summed E-state index contributed by atoms with van der Waals surface area (Å²) >= 11 is 12.4. The smallest absolute Gasteiger partial charge is 0.165 e. The van der Waals surface area contributed by atoms with Crippen LogP contribution in [0, 0.1) is 5.82 Å². The Labute approximate surface area is 140 Å². The molecule has 2 nitrogen and oxygen atoms in total. The SMILES string of the molecule is CCOc1ccc(C(CN)Cc2c(Cl)cccc2Cl)cc1F. The molecule has 1 atom stereocenters. The van der Waals surface area contributed by atoms with Crippen LogP contribution in [0.15, 0.2) is 36.4 Å². The lowest BCUT2D eigenvalue weighted by atomic mass is 9.92. The zero-order chi connectivity index (χ0) is 16.1. The normalized spacial score (nSPS) is 12.2. The summed E-state index contributed by atoms with van der Waals surface area (Å²) < 4.78 is 19.2. The molecule has 0 heterocycles. The van der Waals surface area contributed by atoms with E-state index in [0.717, 1.165) is 11.1 Å². The average Bonchev–Trinajstić information content (AvgIpc) is 2.49. The van der Waals surface area contributed by atoms with Crippen LogP contribution in [-0.2, 0) is 6.42 Å². The first-order valence-corrected chi connectivity index (χ1v) is 7.87. The van der Waals surface area contributed by atoms with Crippen molar-refractivity contribution in [1.82, 2.24) is 0 Å². The predicted molar refractivity (Wildman–Crippen MR) is 89.5 cm³/mol. The Kier molecular flexibility index (Phi) is 6.07. The predicted octanol–water partition coefficient (Wildman–Crippen LogP) is 4.82.